The molecule has 0 saturated heterocycles. The Morgan fingerprint density at radius 2 is 0.741 bits per heavy atom. The van der Waals surface area contributed by atoms with E-state index in [1.165, 1.54) is 5.57 Å². The van der Waals surface area contributed by atoms with Gasteiger partial charge in [-0.25, -0.2) is 0 Å². The molecule has 9 nitrogen and oxygen atoms in total. The smallest absolute Gasteiger partial charge is 0.0877 e. The lowest BCUT2D eigenvalue weighted by atomic mass is 9.83. The van der Waals surface area contributed by atoms with Gasteiger partial charge in [0.25, 0.3) is 0 Å². The maximum absolute atomic E-state index is 11.0. The van der Waals surface area contributed by atoms with E-state index >= 15 is 0 Å². The van der Waals surface area contributed by atoms with E-state index in [0.29, 0.717) is 122 Å². The van der Waals surface area contributed by atoms with Crippen LogP contribution in [0, 0.1) is 0 Å². The summed E-state index contributed by atoms with van der Waals surface area (Å²) in [5, 5.41) is 95.2. The largest absolute Gasteiger partial charge is 0.392 e. The van der Waals surface area contributed by atoms with Crippen molar-refractivity contribution in [1.82, 2.24) is 0 Å². The van der Waals surface area contributed by atoms with Gasteiger partial charge in [0.15, 0.2) is 0 Å². The first-order valence-corrected chi connectivity index (χ1v) is 21.2. The molecule has 0 unspecified atom stereocenters. The van der Waals surface area contributed by atoms with E-state index in [-0.39, 0.29) is 6.61 Å². The molecule has 0 fully saturated rings. The van der Waals surface area contributed by atoms with Crippen molar-refractivity contribution < 1.29 is 46.0 Å². The van der Waals surface area contributed by atoms with Crippen LogP contribution in [0.25, 0.3) is 0 Å². The van der Waals surface area contributed by atoms with Crippen molar-refractivity contribution in [3.63, 3.8) is 0 Å². The minimum Gasteiger partial charge on any atom is -0.392 e. The Labute approximate surface area is 331 Å². The minimum atomic E-state index is -1.25. The van der Waals surface area contributed by atoms with Crippen LogP contribution in [-0.2, 0) is 0 Å². The van der Waals surface area contributed by atoms with Crippen molar-refractivity contribution in [2.75, 3.05) is 6.61 Å². The molecule has 0 bridgehead atoms. The quantitative estimate of drug-likeness (QED) is 0.0305. The second-order valence-electron chi connectivity index (χ2n) is 19.7. The van der Waals surface area contributed by atoms with Gasteiger partial charge in [-0.15, -0.1) is 0 Å². The van der Waals surface area contributed by atoms with Crippen LogP contribution < -0.4 is 0 Å². The molecule has 9 heteroatoms. The molecule has 0 rings (SSSR count). The molecule has 54 heavy (non-hydrogen) atoms. The lowest BCUT2D eigenvalue weighted by Crippen LogP contribution is -2.39. The van der Waals surface area contributed by atoms with E-state index in [1.54, 1.807) is 27.7 Å². The summed E-state index contributed by atoms with van der Waals surface area (Å²) in [6, 6.07) is 0. The fraction of sp³-hybridized carbons (Fsp3) is 0.911. The van der Waals surface area contributed by atoms with Crippen LogP contribution in [-0.4, -0.2) is 97.9 Å². The second-order valence-corrected chi connectivity index (χ2v) is 19.7. The summed E-state index contributed by atoms with van der Waals surface area (Å²) in [4.78, 5) is 0. The number of hydrogen-bond donors (Lipinski definition) is 9. The summed E-state index contributed by atoms with van der Waals surface area (Å²) in [5.74, 6) is 0. The maximum Gasteiger partial charge on any atom is 0.0877 e. The molecule has 0 aromatic rings. The predicted octanol–water partition coefficient (Wildman–Crippen LogP) is 8.09. The summed E-state index contributed by atoms with van der Waals surface area (Å²) in [7, 11) is 0. The third-order valence-corrected chi connectivity index (χ3v) is 11.6. The van der Waals surface area contributed by atoms with Gasteiger partial charge in [0.05, 0.1) is 51.9 Å². The highest BCUT2D eigenvalue weighted by molar-refractivity contribution is 5.04. The number of allylic oxidation sites excluding steroid dienone is 3. The van der Waals surface area contributed by atoms with Gasteiger partial charge in [-0.1, -0.05) is 23.3 Å². The van der Waals surface area contributed by atoms with Crippen molar-refractivity contribution in [1.29, 1.82) is 0 Å². The van der Waals surface area contributed by atoms with Crippen molar-refractivity contribution >= 4 is 0 Å². The lowest BCUT2D eigenvalue weighted by Gasteiger charge is -2.32. The molecule has 7 atom stereocenters. The lowest BCUT2D eigenvalue weighted by molar-refractivity contribution is -0.0746. The molecular formula is C45H88O9. The van der Waals surface area contributed by atoms with E-state index in [4.69, 9.17) is 5.11 Å². The van der Waals surface area contributed by atoms with Crippen molar-refractivity contribution in [2.45, 2.75) is 256 Å². The number of aliphatic hydroxyl groups excluding tert-OH is 2. The Morgan fingerprint density at radius 1 is 0.444 bits per heavy atom. The second kappa shape index (κ2) is 24.1. The molecule has 9 N–H and O–H groups in total. The average Bonchev–Trinajstić information content (AvgIpc) is 2.98. The maximum atomic E-state index is 11.0. The summed E-state index contributed by atoms with van der Waals surface area (Å²) in [5.41, 5.74) is -4.13. The Kier molecular flexibility index (Phi) is 23.7. The Bertz CT molecular complexity index is 1060. The van der Waals surface area contributed by atoms with Crippen molar-refractivity contribution in [3.05, 3.63) is 23.3 Å². The Morgan fingerprint density at radius 3 is 1.06 bits per heavy atom. The highest BCUT2D eigenvalue weighted by atomic mass is 16.3. The van der Waals surface area contributed by atoms with Crippen LogP contribution in [0.15, 0.2) is 23.3 Å². The van der Waals surface area contributed by atoms with Crippen LogP contribution in [0.1, 0.15) is 210 Å². The molecule has 0 spiro atoms. The first-order valence-electron chi connectivity index (χ1n) is 21.2. The van der Waals surface area contributed by atoms with Gasteiger partial charge in [0.2, 0.25) is 0 Å². The molecule has 0 aliphatic rings. The van der Waals surface area contributed by atoms with Crippen molar-refractivity contribution in [3.8, 4) is 0 Å². The third-order valence-electron chi connectivity index (χ3n) is 11.6. The van der Waals surface area contributed by atoms with Crippen LogP contribution in [0.3, 0.4) is 0 Å². The Hall–Kier alpha value is -0.880. The van der Waals surface area contributed by atoms with Gasteiger partial charge >= 0.3 is 0 Å². The highest BCUT2D eigenvalue weighted by Crippen LogP contribution is 2.32. The van der Waals surface area contributed by atoms with Crippen LogP contribution >= 0.6 is 0 Å². The standard InChI is InChI=1S/C45H88O9/c1-36(18-11-19-37(2)22-35-46)20-21-38(47)45(10,54)34-17-33-44(9,53)32-16-31-43(8,52)30-15-29-42(7,51)28-14-27-41(6,50)26-13-25-40(5,49)24-12-23-39(3,4)48/h18,22,38,46-54H,11-17,19-21,23-35H2,1-10H3/b36-18+,37-22+/t38-,40-,41-,42-,43-,44-,45-/m1/s1. The molecular weight excluding hydrogens is 684 g/mol. The normalized spacial score (nSPS) is 20.6. The van der Waals surface area contributed by atoms with Crippen LogP contribution in [0.5, 0.6) is 0 Å². The van der Waals surface area contributed by atoms with E-state index in [0.717, 1.165) is 24.8 Å². The molecule has 0 radical (unpaired) electrons. The van der Waals surface area contributed by atoms with E-state index in [1.807, 2.05) is 47.6 Å². The fourth-order valence-corrected chi connectivity index (χ4v) is 7.50. The summed E-state index contributed by atoms with van der Waals surface area (Å²) in [6.07, 6.45) is 16.5. The van der Waals surface area contributed by atoms with Gasteiger partial charge in [0, 0.05) is 0 Å². The van der Waals surface area contributed by atoms with Gasteiger partial charge in [0.1, 0.15) is 0 Å². The molecule has 0 saturated carbocycles. The topological polar surface area (TPSA) is 182 Å². The fourth-order valence-electron chi connectivity index (χ4n) is 7.50. The summed E-state index contributed by atoms with van der Waals surface area (Å²) in [6.45, 7) is 18.3. The third kappa shape index (κ3) is 28.5. The molecule has 0 aliphatic heterocycles. The van der Waals surface area contributed by atoms with Crippen LogP contribution in [0.4, 0.5) is 0 Å². The van der Waals surface area contributed by atoms with Gasteiger partial charge in [-0.05, 0) is 210 Å². The molecule has 0 heterocycles. The van der Waals surface area contributed by atoms with E-state index in [2.05, 4.69) is 6.08 Å². The van der Waals surface area contributed by atoms with Gasteiger partial charge < -0.3 is 46.0 Å². The van der Waals surface area contributed by atoms with Crippen LogP contribution in [0.2, 0.25) is 0 Å². The monoisotopic (exact) mass is 773 g/mol. The molecule has 0 aromatic heterocycles. The summed E-state index contributed by atoms with van der Waals surface area (Å²) >= 11 is 0. The number of aliphatic hydroxyl groups is 9. The zero-order chi connectivity index (χ0) is 41.9. The SMILES string of the molecule is C/C(=C\CO)CC/C=C(\C)CC[C@@H](O)[C@](C)(O)CCC[C@](C)(O)CCC[C@](C)(O)CCC[C@](C)(O)CCC[C@](C)(O)CCC[C@](C)(O)CCCC(C)(C)O. The molecule has 0 aliphatic carbocycles. The average molecular weight is 773 g/mol. The summed E-state index contributed by atoms with van der Waals surface area (Å²) < 4.78 is 0. The van der Waals surface area contributed by atoms with E-state index in [9.17, 15) is 40.9 Å². The number of rotatable bonds is 32. The first-order chi connectivity index (χ1) is 24.5. The Balaban J connectivity index is 4.45. The number of hydrogen-bond acceptors (Lipinski definition) is 9. The minimum absolute atomic E-state index is 0.0538. The first kappa shape index (κ1) is 53.1. The zero-order valence-electron chi connectivity index (χ0n) is 36.5. The van der Waals surface area contributed by atoms with Gasteiger partial charge in [-0.2, -0.15) is 0 Å². The molecule has 0 aromatic carbocycles. The van der Waals surface area contributed by atoms with E-state index < -0.39 is 45.3 Å². The molecule has 322 valence electrons. The zero-order valence-corrected chi connectivity index (χ0v) is 36.5. The molecule has 0 amide bonds. The van der Waals surface area contributed by atoms with Gasteiger partial charge in [-0.3, -0.25) is 0 Å². The predicted molar refractivity (Wildman–Crippen MR) is 222 cm³/mol. The van der Waals surface area contributed by atoms with Crippen molar-refractivity contribution in [2.24, 2.45) is 0 Å². The highest BCUT2D eigenvalue weighted by Gasteiger charge is 2.32.